The van der Waals surface area contributed by atoms with Crippen molar-refractivity contribution in [3.63, 3.8) is 0 Å². The molecule has 1 saturated carbocycles. The number of rotatable bonds is 4. The molecule has 3 rings (SSSR count). The van der Waals surface area contributed by atoms with Gasteiger partial charge in [0, 0.05) is 23.9 Å². The summed E-state index contributed by atoms with van der Waals surface area (Å²) in [6, 6.07) is 3.38. The third-order valence-corrected chi connectivity index (χ3v) is 3.91. The maximum atomic E-state index is 11.7. The molecule has 0 saturated heterocycles. The maximum absolute atomic E-state index is 11.7. The first-order valence-electron chi connectivity index (χ1n) is 6.10. The van der Waals surface area contributed by atoms with Crippen molar-refractivity contribution in [2.24, 2.45) is 5.92 Å². The average molecular weight is 289 g/mol. The smallest absolute Gasteiger partial charge is 0.348 e. The molecule has 1 fully saturated rings. The van der Waals surface area contributed by atoms with Gasteiger partial charge in [-0.2, -0.15) is 0 Å². The van der Waals surface area contributed by atoms with E-state index in [-0.39, 0.29) is 16.7 Å². The fraction of sp³-hybridized carbons (Fsp3) is 0.231. The average Bonchev–Trinajstić information content (AvgIpc) is 3.21. The highest BCUT2D eigenvalue weighted by atomic mass is 32.1. The molecule has 2 aromatic rings. The molecule has 0 aliphatic heterocycles. The van der Waals surface area contributed by atoms with Crippen LogP contribution in [0.25, 0.3) is 11.3 Å². The van der Waals surface area contributed by atoms with Gasteiger partial charge in [-0.05, 0) is 25.0 Å². The van der Waals surface area contributed by atoms with Crippen LogP contribution in [0.3, 0.4) is 0 Å². The molecule has 20 heavy (non-hydrogen) atoms. The number of hydrogen-bond acceptors (Lipinski definition) is 5. The molecular weight excluding hydrogens is 278 g/mol. The molecule has 2 heterocycles. The van der Waals surface area contributed by atoms with Crippen LogP contribution in [0, 0.1) is 5.92 Å². The number of nitrogens with one attached hydrogen (secondary N) is 1. The zero-order valence-corrected chi connectivity index (χ0v) is 11.2. The second-order valence-electron chi connectivity index (χ2n) is 4.50. The Bertz CT molecular complexity index is 665. The van der Waals surface area contributed by atoms with E-state index < -0.39 is 5.97 Å². The maximum Gasteiger partial charge on any atom is 0.348 e. The number of anilines is 1. The summed E-state index contributed by atoms with van der Waals surface area (Å²) in [5.41, 5.74) is 1.02. The lowest BCUT2D eigenvalue weighted by Crippen LogP contribution is -2.12. The number of amides is 1. The number of aromatic carboxylic acids is 1. The summed E-state index contributed by atoms with van der Waals surface area (Å²) >= 11 is 0.973. The molecule has 0 unspecified atom stereocenters. The molecule has 102 valence electrons. The number of hydrogen-bond donors (Lipinski definition) is 2. The van der Waals surface area contributed by atoms with Crippen LogP contribution in [0.5, 0.6) is 0 Å². The number of carboxylic acid groups (broad SMARTS) is 1. The quantitative estimate of drug-likeness (QED) is 0.900. The second kappa shape index (κ2) is 5.01. The minimum Gasteiger partial charge on any atom is -0.477 e. The van der Waals surface area contributed by atoms with Crippen molar-refractivity contribution in [2.45, 2.75) is 12.8 Å². The summed E-state index contributed by atoms with van der Waals surface area (Å²) < 4.78 is 0. The molecular formula is C13H11N3O3S. The van der Waals surface area contributed by atoms with E-state index in [2.05, 4.69) is 15.3 Å². The molecule has 2 N–H and O–H groups in total. The number of pyridine rings is 1. The first-order chi connectivity index (χ1) is 9.65. The van der Waals surface area contributed by atoms with Gasteiger partial charge in [0.1, 0.15) is 4.88 Å². The minimum absolute atomic E-state index is 0.0524. The van der Waals surface area contributed by atoms with Gasteiger partial charge in [-0.3, -0.25) is 9.78 Å². The van der Waals surface area contributed by atoms with E-state index in [1.807, 2.05) is 0 Å². The number of nitrogens with zero attached hydrogens (tertiary/aromatic N) is 2. The zero-order valence-electron chi connectivity index (χ0n) is 10.4. The Morgan fingerprint density at radius 3 is 2.60 bits per heavy atom. The van der Waals surface area contributed by atoms with Gasteiger partial charge in [0.15, 0.2) is 5.13 Å². The molecule has 1 aliphatic carbocycles. The second-order valence-corrected chi connectivity index (χ2v) is 5.50. The van der Waals surface area contributed by atoms with E-state index in [1.54, 1.807) is 24.5 Å². The molecule has 0 spiro atoms. The minimum atomic E-state index is -1.05. The highest BCUT2D eigenvalue weighted by Gasteiger charge is 2.30. The number of thiazole rings is 1. The Hall–Kier alpha value is -2.28. The fourth-order valence-corrected chi connectivity index (χ4v) is 2.61. The van der Waals surface area contributed by atoms with E-state index in [1.165, 1.54) is 0 Å². The van der Waals surface area contributed by atoms with E-state index >= 15 is 0 Å². The topological polar surface area (TPSA) is 92.2 Å². The molecule has 7 heteroatoms. The van der Waals surface area contributed by atoms with Crippen LogP contribution in [0.15, 0.2) is 24.5 Å². The Kier molecular flexibility index (Phi) is 3.19. The van der Waals surface area contributed by atoms with Crippen LogP contribution in [0.2, 0.25) is 0 Å². The summed E-state index contributed by atoms with van der Waals surface area (Å²) in [6.45, 7) is 0. The van der Waals surface area contributed by atoms with Crippen LogP contribution in [-0.2, 0) is 4.79 Å². The van der Waals surface area contributed by atoms with Crippen molar-refractivity contribution in [3.8, 4) is 11.3 Å². The van der Waals surface area contributed by atoms with Crippen molar-refractivity contribution >= 4 is 28.3 Å². The Morgan fingerprint density at radius 2 is 2.00 bits per heavy atom. The zero-order chi connectivity index (χ0) is 14.1. The predicted octanol–water partition coefficient (Wildman–Crippen LogP) is 2.25. The molecule has 0 atom stereocenters. The normalized spacial score (nSPS) is 14.0. The third-order valence-electron chi connectivity index (χ3n) is 2.95. The molecule has 0 radical (unpaired) electrons. The molecule has 0 aromatic carbocycles. The molecule has 0 bridgehead atoms. The summed E-state index contributed by atoms with van der Waals surface area (Å²) in [7, 11) is 0. The molecule has 1 amide bonds. The van der Waals surface area contributed by atoms with Crippen LogP contribution in [0.4, 0.5) is 5.13 Å². The van der Waals surface area contributed by atoms with Crippen molar-refractivity contribution in [1.82, 2.24) is 9.97 Å². The largest absolute Gasteiger partial charge is 0.477 e. The van der Waals surface area contributed by atoms with Gasteiger partial charge in [0.2, 0.25) is 5.91 Å². The van der Waals surface area contributed by atoms with Crippen molar-refractivity contribution < 1.29 is 14.7 Å². The van der Waals surface area contributed by atoms with Crippen LogP contribution >= 0.6 is 11.3 Å². The Morgan fingerprint density at radius 1 is 1.30 bits per heavy atom. The number of aromatic nitrogens is 2. The van der Waals surface area contributed by atoms with Gasteiger partial charge in [0.25, 0.3) is 0 Å². The van der Waals surface area contributed by atoms with Gasteiger partial charge >= 0.3 is 5.97 Å². The van der Waals surface area contributed by atoms with Gasteiger partial charge in [-0.25, -0.2) is 9.78 Å². The summed E-state index contributed by atoms with van der Waals surface area (Å²) in [5, 5.41) is 12.2. The van der Waals surface area contributed by atoms with Crippen LogP contribution in [0.1, 0.15) is 22.5 Å². The lowest BCUT2D eigenvalue weighted by molar-refractivity contribution is -0.117. The Labute approximate surface area is 118 Å². The molecule has 2 aromatic heterocycles. The van der Waals surface area contributed by atoms with Gasteiger partial charge in [-0.1, -0.05) is 11.3 Å². The lowest BCUT2D eigenvalue weighted by Gasteiger charge is -1.98. The highest BCUT2D eigenvalue weighted by Crippen LogP contribution is 2.34. The molecule has 1 aliphatic rings. The highest BCUT2D eigenvalue weighted by molar-refractivity contribution is 7.18. The number of carboxylic acids is 1. The molecule has 6 nitrogen and oxygen atoms in total. The van der Waals surface area contributed by atoms with E-state index in [0.717, 1.165) is 24.2 Å². The number of carbonyl (C=O) groups excluding carboxylic acids is 1. The SMILES string of the molecule is O=C(O)c1sc(NC(=O)C2CC2)nc1-c1ccncc1. The van der Waals surface area contributed by atoms with Crippen LogP contribution < -0.4 is 5.32 Å². The van der Waals surface area contributed by atoms with Gasteiger partial charge in [0.05, 0.1) is 5.69 Å². The summed E-state index contributed by atoms with van der Waals surface area (Å²) in [6.07, 6.45) is 4.92. The lowest BCUT2D eigenvalue weighted by atomic mass is 10.2. The predicted molar refractivity (Wildman–Crippen MR) is 73.7 cm³/mol. The van der Waals surface area contributed by atoms with Crippen LogP contribution in [-0.4, -0.2) is 27.0 Å². The van der Waals surface area contributed by atoms with E-state index in [4.69, 9.17) is 0 Å². The van der Waals surface area contributed by atoms with Crippen molar-refractivity contribution in [1.29, 1.82) is 0 Å². The van der Waals surface area contributed by atoms with Crippen molar-refractivity contribution in [2.75, 3.05) is 5.32 Å². The van der Waals surface area contributed by atoms with E-state index in [9.17, 15) is 14.7 Å². The monoisotopic (exact) mass is 289 g/mol. The number of carbonyl (C=O) groups is 2. The first kappa shape index (κ1) is 12.7. The van der Waals surface area contributed by atoms with Crippen molar-refractivity contribution in [3.05, 3.63) is 29.4 Å². The Balaban J connectivity index is 1.94. The fourth-order valence-electron chi connectivity index (χ4n) is 1.78. The van der Waals surface area contributed by atoms with E-state index in [0.29, 0.717) is 16.4 Å². The van der Waals surface area contributed by atoms with Gasteiger partial charge < -0.3 is 10.4 Å². The third kappa shape index (κ3) is 2.53. The summed E-state index contributed by atoms with van der Waals surface area (Å²) in [4.78, 5) is 31.2. The standard InChI is InChI=1S/C13H11N3O3S/c17-11(8-1-2-8)16-13-15-9(10(20-13)12(18)19)7-3-5-14-6-4-7/h3-6,8H,1-2H2,(H,18,19)(H,15,16,17). The van der Waals surface area contributed by atoms with Gasteiger partial charge in [-0.15, -0.1) is 0 Å². The summed E-state index contributed by atoms with van der Waals surface area (Å²) in [5.74, 6) is -1.09. The first-order valence-corrected chi connectivity index (χ1v) is 6.92.